The Kier molecular flexibility index (Phi) is 4.35. The third-order valence-electron chi connectivity index (χ3n) is 3.16. The number of nitrogens with zero attached hydrogens (tertiary/aromatic N) is 4. The van der Waals surface area contributed by atoms with Crippen molar-refractivity contribution in [3.63, 3.8) is 0 Å². The van der Waals surface area contributed by atoms with Gasteiger partial charge in [0.25, 0.3) is 5.69 Å². The molecule has 0 aliphatic heterocycles. The number of carbonyl (C=O) groups is 1. The fourth-order valence-electron chi connectivity index (χ4n) is 2.14. The molecule has 1 heterocycles. The number of amides is 1. The van der Waals surface area contributed by atoms with Gasteiger partial charge in [0.05, 0.1) is 9.85 Å². The molecular formula is C13H13N5O5. The molecule has 1 aromatic carbocycles. The standard InChI is InChI=1S/C13H13N5O5/c1-8-13(18(22)23)9(2)16(15-8)7-12(19)14-10-4-3-5-11(6-10)17(20)21/h3-6H,7H2,1-2H3,(H,14,19). The van der Waals surface area contributed by atoms with Crippen LogP contribution in [-0.4, -0.2) is 25.5 Å². The summed E-state index contributed by atoms with van der Waals surface area (Å²) in [6.07, 6.45) is 0. The van der Waals surface area contributed by atoms with Gasteiger partial charge in [-0.2, -0.15) is 5.10 Å². The molecule has 0 fully saturated rings. The SMILES string of the molecule is Cc1nn(CC(=O)Nc2cccc([N+](=O)[O-])c2)c(C)c1[N+](=O)[O-]. The number of rotatable bonds is 5. The van der Waals surface area contributed by atoms with Crippen molar-refractivity contribution >= 4 is 23.0 Å². The normalized spacial score (nSPS) is 10.3. The Morgan fingerprint density at radius 1 is 1.26 bits per heavy atom. The zero-order valence-corrected chi connectivity index (χ0v) is 12.3. The molecule has 0 bridgehead atoms. The summed E-state index contributed by atoms with van der Waals surface area (Å²) in [4.78, 5) is 32.5. The molecule has 0 atom stereocenters. The number of nitro groups is 2. The number of carbonyl (C=O) groups excluding carboxylic acids is 1. The molecular weight excluding hydrogens is 306 g/mol. The fraction of sp³-hybridized carbons (Fsp3) is 0.231. The Morgan fingerprint density at radius 3 is 2.52 bits per heavy atom. The van der Waals surface area contributed by atoms with Crippen LogP contribution in [0.2, 0.25) is 0 Å². The molecule has 120 valence electrons. The maximum absolute atomic E-state index is 12.0. The average Bonchev–Trinajstić information content (AvgIpc) is 2.73. The Labute approximate surface area is 130 Å². The lowest BCUT2D eigenvalue weighted by atomic mass is 10.3. The predicted molar refractivity (Wildman–Crippen MR) is 80.1 cm³/mol. The van der Waals surface area contributed by atoms with E-state index in [9.17, 15) is 25.0 Å². The second-order valence-electron chi connectivity index (χ2n) is 4.79. The van der Waals surface area contributed by atoms with Crippen molar-refractivity contribution in [1.29, 1.82) is 0 Å². The van der Waals surface area contributed by atoms with Crippen LogP contribution in [0.1, 0.15) is 11.4 Å². The molecule has 0 saturated carbocycles. The smallest absolute Gasteiger partial charge is 0.312 e. The third-order valence-corrected chi connectivity index (χ3v) is 3.16. The number of anilines is 1. The van der Waals surface area contributed by atoms with Crippen LogP contribution in [0.3, 0.4) is 0 Å². The number of benzene rings is 1. The molecule has 1 N–H and O–H groups in total. The molecule has 10 nitrogen and oxygen atoms in total. The van der Waals surface area contributed by atoms with Gasteiger partial charge in [-0.1, -0.05) is 6.07 Å². The maximum Gasteiger partial charge on any atom is 0.312 e. The van der Waals surface area contributed by atoms with Crippen LogP contribution in [0, 0.1) is 34.1 Å². The van der Waals surface area contributed by atoms with E-state index in [-0.39, 0.29) is 35.0 Å². The Hall–Kier alpha value is -3.30. The van der Waals surface area contributed by atoms with Gasteiger partial charge in [-0.05, 0) is 19.9 Å². The van der Waals surface area contributed by atoms with Crippen LogP contribution in [0.15, 0.2) is 24.3 Å². The minimum atomic E-state index is -0.569. The van der Waals surface area contributed by atoms with Crippen molar-refractivity contribution in [3.8, 4) is 0 Å². The van der Waals surface area contributed by atoms with Gasteiger partial charge < -0.3 is 5.32 Å². The number of non-ortho nitro benzene ring substituents is 1. The van der Waals surface area contributed by atoms with Crippen molar-refractivity contribution in [3.05, 3.63) is 55.9 Å². The summed E-state index contributed by atoms with van der Waals surface area (Å²) in [5, 5.41) is 28.1. The Bertz CT molecular complexity index is 798. The second-order valence-corrected chi connectivity index (χ2v) is 4.79. The Balaban J connectivity index is 2.14. The summed E-state index contributed by atoms with van der Waals surface area (Å²) in [7, 11) is 0. The molecule has 10 heteroatoms. The van der Waals surface area contributed by atoms with Gasteiger partial charge in [0.15, 0.2) is 0 Å². The summed E-state index contributed by atoms with van der Waals surface area (Å²) in [6.45, 7) is 2.75. The summed E-state index contributed by atoms with van der Waals surface area (Å²) in [6, 6.07) is 5.48. The molecule has 0 aliphatic carbocycles. The van der Waals surface area contributed by atoms with E-state index in [4.69, 9.17) is 0 Å². The van der Waals surface area contributed by atoms with E-state index in [2.05, 4.69) is 10.4 Å². The molecule has 1 aromatic heterocycles. The molecule has 1 amide bonds. The molecule has 0 unspecified atom stereocenters. The van der Waals surface area contributed by atoms with Crippen molar-refractivity contribution in [2.24, 2.45) is 0 Å². The third kappa shape index (κ3) is 3.48. The van der Waals surface area contributed by atoms with Gasteiger partial charge in [0.1, 0.15) is 17.9 Å². The van der Waals surface area contributed by atoms with E-state index in [1.54, 1.807) is 0 Å². The average molecular weight is 319 g/mol. The highest BCUT2D eigenvalue weighted by atomic mass is 16.6. The highest BCUT2D eigenvalue weighted by molar-refractivity contribution is 5.90. The predicted octanol–water partition coefficient (Wildman–Crippen LogP) is 1.96. The number of nitrogens with one attached hydrogen (secondary N) is 1. The largest absolute Gasteiger partial charge is 0.324 e. The molecule has 0 aliphatic rings. The van der Waals surface area contributed by atoms with E-state index in [0.29, 0.717) is 0 Å². The summed E-state index contributed by atoms with van der Waals surface area (Å²) in [5.41, 5.74) is 0.468. The number of aryl methyl sites for hydroxylation is 1. The van der Waals surface area contributed by atoms with Crippen molar-refractivity contribution in [2.75, 3.05) is 5.32 Å². The van der Waals surface area contributed by atoms with Crippen molar-refractivity contribution < 1.29 is 14.6 Å². The second kappa shape index (κ2) is 6.22. The van der Waals surface area contributed by atoms with Crippen LogP contribution < -0.4 is 5.32 Å². The van der Waals surface area contributed by atoms with Crippen LogP contribution in [0.25, 0.3) is 0 Å². The first kappa shape index (κ1) is 16.1. The van der Waals surface area contributed by atoms with E-state index >= 15 is 0 Å². The van der Waals surface area contributed by atoms with Gasteiger partial charge in [-0.3, -0.25) is 29.7 Å². The first-order valence-electron chi connectivity index (χ1n) is 6.52. The molecule has 2 aromatic rings. The van der Waals surface area contributed by atoms with Crippen LogP contribution in [0.5, 0.6) is 0 Å². The molecule has 23 heavy (non-hydrogen) atoms. The number of hydrogen-bond acceptors (Lipinski definition) is 6. The van der Waals surface area contributed by atoms with Gasteiger partial charge in [-0.15, -0.1) is 0 Å². The maximum atomic E-state index is 12.0. The highest BCUT2D eigenvalue weighted by Gasteiger charge is 2.22. The zero-order chi connectivity index (χ0) is 17.1. The molecule has 0 radical (unpaired) electrons. The van der Waals surface area contributed by atoms with Crippen LogP contribution in [-0.2, 0) is 11.3 Å². The van der Waals surface area contributed by atoms with Gasteiger partial charge >= 0.3 is 5.69 Å². The molecule has 2 rings (SSSR count). The number of nitro benzene ring substituents is 1. The van der Waals surface area contributed by atoms with Gasteiger partial charge in [0, 0.05) is 17.8 Å². The van der Waals surface area contributed by atoms with Crippen LogP contribution in [0.4, 0.5) is 17.1 Å². The van der Waals surface area contributed by atoms with Crippen LogP contribution >= 0.6 is 0 Å². The quantitative estimate of drug-likeness (QED) is 0.661. The zero-order valence-electron chi connectivity index (χ0n) is 12.3. The van der Waals surface area contributed by atoms with Crippen molar-refractivity contribution in [1.82, 2.24) is 9.78 Å². The summed E-state index contributed by atoms with van der Waals surface area (Å²) in [5.74, 6) is -0.494. The fourth-order valence-corrected chi connectivity index (χ4v) is 2.14. The number of aromatic nitrogens is 2. The summed E-state index contributed by atoms with van der Waals surface area (Å²) >= 11 is 0. The lowest BCUT2D eigenvalue weighted by molar-refractivity contribution is -0.386. The van der Waals surface area contributed by atoms with Crippen molar-refractivity contribution in [2.45, 2.75) is 20.4 Å². The highest BCUT2D eigenvalue weighted by Crippen LogP contribution is 2.22. The van der Waals surface area contributed by atoms with Gasteiger partial charge in [-0.25, -0.2) is 0 Å². The van der Waals surface area contributed by atoms with E-state index in [0.717, 1.165) is 0 Å². The van der Waals surface area contributed by atoms with E-state index in [1.165, 1.54) is 42.8 Å². The first-order chi connectivity index (χ1) is 10.8. The molecule has 0 saturated heterocycles. The minimum absolute atomic E-state index is 0.131. The Morgan fingerprint density at radius 2 is 1.96 bits per heavy atom. The molecule has 0 spiro atoms. The summed E-state index contributed by atoms with van der Waals surface area (Å²) < 4.78 is 1.22. The lowest BCUT2D eigenvalue weighted by Crippen LogP contribution is -2.20. The van der Waals surface area contributed by atoms with E-state index in [1.807, 2.05) is 0 Å². The lowest BCUT2D eigenvalue weighted by Gasteiger charge is -2.06. The first-order valence-corrected chi connectivity index (χ1v) is 6.52. The minimum Gasteiger partial charge on any atom is -0.324 e. The van der Waals surface area contributed by atoms with E-state index < -0.39 is 15.8 Å². The van der Waals surface area contributed by atoms with Gasteiger partial charge in [0.2, 0.25) is 5.91 Å². The topological polar surface area (TPSA) is 133 Å². The monoisotopic (exact) mass is 319 g/mol. The number of hydrogen-bond donors (Lipinski definition) is 1.